The molecule has 0 saturated carbocycles. The molecule has 0 aromatic carbocycles. The van der Waals surface area contributed by atoms with E-state index in [9.17, 15) is 8.42 Å². The van der Waals surface area contributed by atoms with Crippen molar-refractivity contribution in [2.45, 2.75) is 26.7 Å². The molecular weight excluding hydrogens is 188 g/mol. The molecule has 0 unspecified atom stereocenters. The molecule has 0 aliphatic heterocycles. The Morgan fingerprint density at radius 3 is 2.38 bits per heavy atom. The van der Waals surface area contributed by atoms with Crippen LogP contribution in [-0.2, 0) is 14.3 Å². The van der Waals surface area contributed by atoms with Gasteiger partial charge in [0, 0.05) is 0 Å². The van der Waals surface area contributed by atoms with Crippen LogP contribution < -0.4 is 0 Å². The highest BCUT2D eigenvalue weighted by Gasteiger charge is 2.16. The van der Waals surface area contributed by atoms with E-state index in [1.807, 2.05) is 6.08 Å². The third kappa shape index (κ3) is 7.99. The smallest absolute Gasteiger partial charge is 0.264 e. The van der Waals surface area contributed by atoms with Crippen molar-refractivity contribution in [3.8, 4) is 0 Å². The topological polar surface area (TPSA) is 43.4 Å². The van der Waals surface area contributed by atoms with Gasteiger partial charge in [-0.25, -0.2) is 0 Å². The molecule has 0 radical (unpaired) electrons. The molecular formula is C9H18O3S. The van der Waals surface area contributed by atoms with E-state index in [1.54, 1.807) is 0 Å². The molecule has 3 nitrogen and oxygen atoms in total. The third-order valence-corrected chi connectivity index (χ3v) is 2.37. The summed E-state index contributed by atoms with van der Waals surface area (Å²) in [7, 11) is -3.29. The van der Waals surface area contributed by atoms with Crippen molar-refractivity contribution in [1.82, 2.24) is 0 Å². The van der Waals surface area contributed by atoms with Gasteiger partial charge in [0.25, 0.3) is 10.1 Å². The highest BCUT2D eigenvalue weighted by molar-refractivity contribution is 7.85. The van der Waals surface area contributed by atoms with Gasteiger partial charge in [0.2, 0.25) is 0 Å². The van der Waals surface area contributed by atoms with Gasteiger partial charge >= 0.3 is 0 Å². The molecule has 0 spiro atoms. The van der Waals surface area contributed by atoms with E-state index in [4.69, 9.17) is 0 Å². The van der Waals surface area contributed by atoms with Gasteiger partial charge in [0.1, 0.15) is 0 Å². The van der Waals surface area contributed by atoms with Crippen molar-refractivity contribution in [2.24, 2.45) is 5.41 Å². The van der Waals surface area contributed by atoms with E-state index in [0.717, 1.165) is 12.7 Å². The molecule has 13 heavy (non-hydrogen) atoms. The fourth-order valence-electron chi connectivity index (χ4n) is 0.962. The van der Waals surface area contributed by atoms with Crippen LogP contribution in [0.2, 0.25) is 0 Å². The lowest BCUT2D eigenvalue weighted by Gasteiger charge is -2.21. The van der Waals surface area contributed by atoms with Crippen LogP contribution in [-0.4, -0.2) is 21.3 Å². The summed E-state index contributed by atoms with van der Waals surface area (Å²) in [5.41, 5.74) is 0.0619. The predicted octanol–water partition coefficient (Wildman–Crippen LogP) is 1.96. The number of allylic oxidation sites excluding steroid dienone is 1. The van der Waals surface area contributed by atoms with Crippen LogP contribution in [0.15, 0.2) is 12.7 Å². The van der Waals surface area contributed by atoms with Gasteiger partial charge in [0.15, 0.2) is 0 Å². The molecule has 0 bridgehead atoms. The van der Waals surface area contributed by atoms with Crippen LogP contribution in [0, 0.1) is 5.41 Å². The predicted molar refractivity (Wildman–Crippen MR) is 54.0 cm³/mol. The largest absolute Gasteiger partial charge is 0.270 e. The van der Waals surface area contributed by atoms with Crippen molar-refractivity contribution in [3.63, 3.8) is 0 Å². The average molecular weight is 206 g/mol. The normalized spacial score (nSPS) is 12.8. The Balaban J connectivity index is 3.82. The minimum absolute atomic E-state index is 0.0619. The Kier molecular flexibility index (Phi) is 4.64. The molecule has 0 amide bonds. The first kappa shape index (κ1) is 12.7. The fraction of sp³-hybridized carbons (Fsp3) is 0.778. The average Bonchev–Trinajstić information content (AvgIpc) is 1.82. The van der Waals surface area contributed by atoms with E-state index in [1.165, 1.54) is 0 Å². The van der Waals surface area contributed by atoms with E-state index < -0.39 is 10.1 Å². The maximum Gasteiger partial charge on any atom is 0.264 e. The molecule has 0 saturated heterocycles. The Hall–Kier alpha value is -0.350. The van der Waals surface area contributed by atoms with E-state index in [0.29, 0.717) is 6.42 Å². The molecule has 0 N–H and O–H groups in total. The van der Waals surface area contributed by atoms with Crippen molar-refractivity contribution in [3.05, 3.63) is 12.7 Å². The first-order valence-corrected chi connectivity index (χ1v) is 6.04. The van der Waals surface area contributed by atoms with Gasteiger partial charge in [-0.1, -0.05) is 19.9 Å². The van der Waals surface area contributed by atoms with Crippen LogP contribution in [0.1, 0.15) is 26.7 Å². The zero-order chi connectivity index (χ0) is 10.5. The van der Waals surface area contributed by atoms with Crippen LogP contribution in [0.25, 0.3) is 0 Å². The molecule has 0 heterocycles. The van der Waals surface area contributed by atoms with Gasteiger partial charge in [-0.3, -0.25) is 4.18 Å². The lowest BCUT2D eigenvalue weighted by atomic mass is 9.86. The lowest BCUT2D eigenvalue weighted by Crippen LogP contribution is -2.15. The number of rotatable bonds is 6. The molecule has 0 atom stereocenters. The fourth-order valence-corrected chi connectivity index (χ4v) is 1.35. The van der Waals surface area contributed by atoms with Crippen LogP contribution in [0.5, 0.6) is 0 Å². The second-order valence-corrected chi connectivity index (χ2v) is 5.58. The Morgan fingerprint density at radius 1 is 1.46 bits per heavy atom. The first-order chi connectivity index (χ1) is 5.77. The van der Waals surface area contributed by atoms with Gasteiger partial charge in [-0.2, -0.15) is 8.42 Å². The van der Waals surface area contributed by atoms with Crippen molar-refractivity contribution >= 4 is 10.1 Å². The molecule has 0 aliphatic rings. The molecule has 78 valence electrons. The lowest BCUT2D eigenvalue weighted by molar-refractivity contribution is 0.235. The Labute approximate surface area is 80.9 Å². The maximum atomic E-state index is 10.6. The number of hydrogen-bond acceptors (Lipinski definition) is 3. The van der Waals surface area contributed by atoms with Crippen molar-refractivity contribution in [2.75, 3.05) is 12.9 Å². The van der Waals surface area contributed by atoms with Crippen molar-refractivity contribution in [1.29, 1.82) is 0 Å². The summed E-state index contributed by atoms with van der Waals surface area (Å²) >= 11 is 0. The quantitative estimate of drug-likeness (QED) is 0.493. The summed E-state index contributed by atoms with van der Waals surface area (Å²) in [6.07, 6.45) is 4.47. The summed E-state index contributed by atoms with van der Waals surface area (Å²) in [5, 5.41) is 0. The Morgan fingerprint density at radius 2 is 2.00 bits per heavy atom. The molecule has 0 rings (SSSR count). The van der Waals surface area contributed by atoms with Gasteiger partial charge in [-0.15, -0.1) is 6.58 Å². The first-order valence-electron chi connectivity index (χ1n) is 4.22. The molecule has 0 aliphatic carbocycles. The molecule has 0 aromatic rings. The van der Waals surface area contributed by atoms with E-state index >= 15 is 0 Å². The SMILES string of the molecule is C=CCC(C)(C)CCOS(C)(=O)=O. The maximum absolute atomic E-state index is 10.6. The second-order valence-electron chi connectivity index (χ2n) is 3.93. The van der Waals surface area contributed by atoms with E-state index in [-0.39, 0.29) is 12.0 Å². The summed E-state index contributed by atoms with van der Waals surface area (Å²) in [4.78, 5) is 0. The Bertz CT molecular complexity index is 252. The standard InChI is InChI=1S/C9H18O3S/c1-5-6-9(2,3)7-8-12-13(4,10)11/h5H,1,6-8H2,2-4H3. The molecule has 0 fully saturated rings. The zero-order valence-electron chi connectivity index (χ0n) is 8.54. The van der Waals surface area contributed by atoms with Gasteiger partial charge in [0.05, 0.1) is 12.9 Å². The second kappa shape index (κ2) is 4.77. The third-order valence-electron chi connectivity index (χ3n) is 1.77. The molecule has 0 aromatic heterocycles. The summed E-state index contributed by atoms with van der Waals surface area (Å²) in [6, 6.07) is 0. The van der Waals surface area contributed by atoms with E-state index in [2.05, 4.69) is 24.6 Å². The summed E-state index contributed by atoms with van der Waals surface area (Å²) < 4.78 is 25.9. The minimum atomic E-state index is -3.29. The summed E-state index contributed by atoms with van der Waals surface area (Å²) in [5.74, 6) is 0. The zero-order valence-corrected chi connectivity index (χ0v) is 9.36. The number of hydrogen-bond donors (Lipinski definition) is 0. The highest BCUT2D eigenvalue weighted by atomic mass is 32.2. The minimum Gasteiger partial charge on any atom is -0.270 e. The summed E-state index contributed by atoms with van der Waals surface area (Å²) in [6.45, 7) is 8.01. The highest BCUT2D eigenvalue weighted by Crippen LogP contribution is 2.25. The van der Waals surface area contributed by atoms with Crippen LogP contribution >= 0.6 is 0 Å². The van der Waals surface area contributed by atoms with Gasteiger partial charge in [-0.05, 0) is 18.3 Å². The monoisotopic (exact) mass is 206 g/mol. The van der Waals surface area contributed by atoms with Crippen LogP contribution in [0.3, 0.4) is 0 Å². The van der Waals surface area contributed by atoms with Crippen LogP contribution in [0.4, 0.5) is 0 Å². The van der Waals surface area contributed by atoms with Gasteiger partial charge < -0.3 is 0 Å². The van der Waals surface area contributed by atoms with Crippen molar-refractivity contribution < 1.29 is 12.6 Å². The molecule has 4 heteroatoms.